The molecular weight excluding hydrogens is 378 g/mol. The highest BCUT2D eigenvalue weighted by Crippen LogP contribution is 2.09. The topological polar surface area (TPSA) is 66.4 Å². The number of esters is 1. The van der Waals surface area contributed by atoms with Gasteiger partial charge in [-0.1, -0.05) is 56.2 Å². The molecule has 0 aromatic rings. The lowest BCUT2D eigenvalue weighted by atomic mass is 10.1. The largest absolute Gasteiger partial charge is 0.550 e. The Hall–Kier alpha value is -1.88. The van der Waals surface area contributed by atoms with Gasteiger partial charge in [-0.25, -0.2) is 0 Å². The Bertz CT molecular complexity index is 544. The number of unbranched alkanes of at least 4 members (excludes halogenated alkanes) is 5. The van der Waals surface area contributed by atoms with Crippen LogP contribution in [0.2, 0.25) is 0 Å². The summed E-state index contributed by atoms with van der Waals surface area (Å²) in [5.74, 6) is -1.52. The van der Waals surface area contributed by atoms with E-state index in [0.29, 0.717) is 17.4 Å². The molecule has 0 aromatic carbocycles. The number of quaternary nitrogens is 1. The number of rotatable bonds is 18. The van der Waals surface area contributed by atoms with Crippen LogP contribution in [0, 0.1) is 0 Å². The lowest BCUT2D eigenvalue weighted by Gasteiger charge is -2.29. The normalized spacial score (nSPS) is 13.5. The Labute approximate surface area is 184 Å². The number of carbonyl (C=O) groups excluding carboxylic acids is 2. The van der Waals surface area contributed by atoms with Crippen LogP contribution in [-0.4, -0.2) is 50.2 Å². The minimum Gasteiger partial charge on any atom is -0.550 e. The Balaban J connectivity index is 3.84. The Morgan fingerprint density at radius 3 is 1.90 bits per heavy atom. The summed E-state index contributed by atoms with van der Waals surface area (Å²) in [7, 11) is 5.80. The van der Waals surface area contributed by atoms with Crippen molar-refractivity contribution < 1.29 is 23.9 Å². The molecule has 0 spiro atoms. The molecule has 0 rings (SSSR count). The van der Waals surface area contributed by atoms with Crippen LogP contribution < -0.4 is 5.11 Å². The summed E-state index contributed by atoms with van der Waals surface area (Å²) in [6, 6.07) is 0. The van der Waals surface area contributed by atoms with Crippen LogP contribution in [0.1, 0.15) is 77.6 Å². The van der Waals surface area contributed by atoms with Gasteiger partial charge >= 0.3 is 5.97 Å². The van der Waals surface area contributed by atoms with E-state index in [4.69, 9.17) is 4.74 Å². The molecule has 172 valence electrons. The number of likely N-dealkylation sites (N-methyl/N-ethyl adjacent to an activating group) is 1. The molecule has 0 aromatic heterocycles. The Morgan fingerprint density at radius 2 is 1.40 bits per heavy atom. The quantitative estimate of drug-likeness (QED) is 0.143. The minimum atomic E-state index is -1.19. The van der Waals surface area contributed by atoms with Crippen molar-refractivity contribution in [3.05, 3.63) is 36.5 Å². The molecule has 0 aliphatic heterocycles. The summed E-state index contributed by atoms with van der Waals surface area (Å²) in [4.78, 5) is 22.8. The fraction of sp³-hybridized carbons (Fsp3) is 0.680. The van der Waals surface area contributed by atoms with Crippen LogP contribution in [0.25, 0.3) is 0 Å². The molecule has 0 heterocycles. The van der Waals surface area contributed by atoms with E-state index in [0.717, 1.165) is 32.1 Å². The number of hydrogen-bond donors (Lipinski definition) is 0. The standard InChI is InChI=1S/C25H43NO4/c1-5-6-7-8-9-10-11-12-13-14-15-16-17-18-19-20-25(29)30-23(21-24(27)28)22-26(2,3)4/h9-10,12-13,15-16,23H,5-8,11,14,17-22H2,1-4H3/b10-9-,13-12-,16-15-/t23-/m0/s1. The summed E-state index contributed by atoms with van der Waals surface area (Å²) in [6.45, 7) is 2.67. The third kappa shape index (κ3) is 20.8. The van der Waals surface area contributed by atoms with Crippen molar-refractivity contribution in [2.24, 2.45) is 0 Å². The van der Waals surface area contributed by atoms with E-state index in [1.54, 1.807) is 0 Å². The lowest BCUT2D eigenvalue weighted by Crippen LogP contribution is -2.45. The van der Waals surface area contributed by atoms with Crippen LogP contribution in [0.3, 0.4) is 0 Å². The first kappa shape index (κ1) is 28.1. The summed E-state index contributed by atoms with van der Waals surface area (Å²) in [6.07, 6.45) is 22.1. The molecule has 0 saturated carbocycles. The van der Waals surface area contributed by atoms with E-state index < -0.39 is 12.1 Å². The number of aliphatic carboxylic acids is 1. The van der Waals surface area contributed by atoms with Crippen molar-refractivity contribution >= 4 is 11.9 Å². The highest BCUT2D eigenvalue weighted by atomic mass is 16.5. The van der Waals surface area contributed by atoms with Crippen LogP contribution in [0.5, 0.6) is 0 Å². The molecule has 0 amide bonds. The zero-order valence-corrected chi connectivity index (χ0v) is 19.6. The number of ether oxygens (including phenoxy) is 1. The van der Waals surface area contributed by atoms with E-state index in [-0.39, 0.29) is 12.4 Å². The number of nitrogens with zero attached hydrogens (tertiary/aromatic N) is 1. The number of carboxylic acid groups (broad SMARTS) is 1. The first-order valence-electron chi connectivity index (χ1n) is 11.4. The van der Waals surface area contributed by atoms with E-state index >= 15 is 0 Å². The van der Waals surface area contributed by atoms with Gasteiger partial charge in [0, 0.05) is 18.8 Å². The van der Waals surface area contributed by atoms with Gasteiger partial charge in [0.05, 0.1) is 21.1 Å². The summed E-state index contributed by atoms with van der Waals surface area (Å²) in [5, 5.41) is 10.9. The van der Waals surface area contributed by atoms with Crippen LogP contribution in [0.15, 0.2) is 36.5 Å². The van der Waals surface area contributed by atoms with Gasteiger partial charge in [0.15, 0.2) is 6.10 Å². The zero-order chi connectivity index (χ0) is 22.7. The maximum atomic E-state index is 12.0. The predicted molar refractivity (Wildman–Crippen MR) is 122 cm³/mol. The highest BCUT2D eigenvalue weighted by Gasteiger charge is 2.22. The van der Waals surface area contributed by atoms with Gasteiger partial charge in [-0.15, -0.1) is 0 Å². The molecule has 5 nitrogen and oxygen atoms in total. The second-order valence-electron chi connectivity index (χ2n) is 8.79. The number of allylic oxidation sites excluding steroid dienone is 6. The van der Waals surface area contributed by atoms with Crippen LogP contribution >= 0.6 is 0 Å². The van der Waals surface area contributed by atoms with Crippen molar-refractivity contribution in [3.8, 4) is 0 Å². The van der Waals surface area contributed by atoms with E-state index in [1.165, 1.54) is 25.7 Å². The van der Waals surface area contributed by atoms with Crippen LogP contribution in [-0.2, 0) is 14.3 Å². The third-order valence-electron chi connectivity index (χ3n) is 4.46. The first-order chi connectivity index (χ1) is 14.2. The van der Waals surface area contributed by atoms with Gasteiger partial charge in [-0.3, -0.25) is 4.79 Å². The Morgan fingerprint density at radius 1 is 0.867 bits per heavy atom. The fourth-order valence-corrected chi connectivity index (χ4v) is 3.01. The average Bonchev–Trinajstić information content (AvgIpc) is 2.63. The highest BCUT2D eigenvalue weighted by molar-refractivity contribution is 5.70. The maximum absolute atomic E-state index is 12.0. The van der Waals surface area contributed by atoms with E-state index in [1.807, 2.05) is 21.1 Å². The number of hydrogen-bond acceptors (Lipinski definition) is 4. The summed E-state index contributed by atoms with van der Waals surface area (Å²) in [5.41, 5.74) is 0. The fourth-order valence-electron chi connectivity index (χ4n) is 3.01. The number of carbonyl (C=O) groups is 2. The molecule has 5 heteroatoms. The van der Waals surface area contributed by atoms with Crippen LogP contribution in [0.4, 0.5) is 0 Å². The van der Waals surface area contributed by atoms with Crippen molar-refractivity contribution in [1.82, 2.24) is 0 Å². The number of carboxylic acids is 1. The predicted octanol–water partition coefficient (Wildman–Crippen LogP) is 4.33. The van der Waals surface area contributed by atoms with Crippen molar-refractivity contribution in [2.75, 3.05) is 27.7 Å². The molecule has 0 bridgehead atoms. The van der Waals surface area contributed by atoms with Gasteiger partial charge < -0.3 is 19.1 Å². The molecule has 30 heavy (non-hydrogen) atoms. The summed E-state index contributed by atoms with van der Waals surface area (Å²) < 4.78 is 5.88. The first-order valence-corrected chi connectivity index (χ1v) is 11.4. The zero-order valence-electron chi connectivity index (χ0n) is 19.6. The SMILES string of the molecule is CCCCC/C=C\C/C=C\C/C=C\CCCCC(=O)O[C@@H](CC(=O)[O-])C[N+](C)(C)C. The van der Waals surface area contributed by atoms with Crippen molar-refractivity contribution in [2.45, 2.75) is 83.7 Å². The molecule has 0 fully saturated rings. The van der Waals surface area contributed by atoms with Gasteiger partial charge in [0.1, 0.15) is 6.54 Å². The van der Waals surface area contributed by atoms with E-state index in [9.17, 15) is 14.7 Å². The smallest absolute Gasteiger partial charge is 0.306 e. The molecule has 1 atom stereocenters. The molecule has 0 N–H and O–H groups in total. The van der Waals surface area contributed by atoms with E-state index in [2.05, 4.69) is 43.4 Å². The molecule has 0 aliphatic carbocycles. The van der Waals surface area contributed by atoms with Gasteiger partial charge in [0.25, 0.3) is 0 Å². The lowest BCUT2D eigenvalue weighted by molar-refractivity contribution is -0.873. The molecular formula is C25H43NO4. The molecule has 0 aliphatic rings. The average molecular weight is 422 g/mol. The second kappa shape index (κ2) is 17.9. The molecule has 0 saturated heterocycles. The second-order valence-corrected chi connectivity index (χ2v) is 8.79. The van der Waals surface area contributed by atoms with Crippen molar-refractivity contribution in [3.63, 3.8) is 0 Å². The van der Waals surface area contributed by atoms with Gasteiger partial charge in [-0.05, 0) is 44.9 Å². The van der Waals surface area contributed by atoms with Crippen molar-refractivity contribution in [1.29, 1.82) is 0 Å². The van der Waals surface area contributed by atoms with Gasteiger partial charge in [-0.2, -0.15) is 0 Å². The summed E-state index contributed by atoms with van der Waals surface area (Å²) >= 11 is 0. The van der Waals surface area contributed by atoms with Gasteiger partial charge in [0.2, 0.25) is 0 Å². The Kier molecular flexibility index (Phi) is 16.8. The maximum Gasteiger partial charge on any atom is 0.306 e. The molecule has 0 unspecified atom stereocenters. The monoisotopic (exact) mass is 421 g/mol. The molecule has 0 radical (unpaired) electrons. The third-order valence-corrected chi connectivity index (χ3v) is 4.46. The minimum absolute atomic E-state index is 0.258.